The number of thiophene rings is 1. The molecule has 0 aliphatic heterocycles. The van der Waals surface area contributed by atoms with E-state index < -0.39 is 0 Å². The zero-order valence-corrected chi connectivity index (χ0v) is 18.9. The van der Waals surface area contributed by atoms with Crippen LogP contribution in [0, 0.1) is 6.92 Å². The third-order valence-electron chi connectivity index (χ3n) is 6.03. The number of hydrogen-bond acceptors (Lipinski definition) is 3. The van der Waals surface area contributed by atoms with Crippen LogP contribution in [0.4, 0.5) is 0 Å². The summed E-state index contributed by atoms with van der Waals surface area (Å²) in [6.45, 7) is 2.48. The Morgan fingerprint density at radius 2 is 1.65 bits per heavy atom. The van der Waals surface area contributed by atoms with Gasteiger partial charge in [-0.2, -0.15) is 0 Å². The molecule has 1 aliphatic carbocycles. The van der Waals surface area contributed by atoms with Crippen LogP contribution in [0.2, 0.25) is 5.02 Å². The fourth-order valence-corrected chi connectivity index (χ4v) is 5.88. The zero-order valence-electron chi connectivity index (χ0n) is 17.4. The smallest absolute Gasteiger partial charge is 0.280 e. The lowest BCUT2D eigenvalue weighted by Gasteiger charge is -2.13. The molecule has 0 saturated heterocycles. The molecule has 0 N–H and O–H groups in total. The summed E-state index contributed by atoms with van der Waals surface area (Å²) < 4.78 is 3.08. The van der Waals surface area contributed by atoms with E-state index in [2.05, 4.69) is 12.1 Å². The van der Waals surface area contributed by atoms with Crippen LogP contribution in [-0.4, -0.2) is 9.13 Å². The van der Waals surface area contributed by atoms with E-state index >= 15 is 0 Å². The van der Waals surface area contributed by atoms with Crippen molar-refractivity contribution in [1.82, 2.24) is 9.13 Å². The van der Waals surface area contributed by atoms with E-state index in [1.165, 1.54) is 21.4 Å². The average Bonchev–Trinajstić information content (AvgIpc) is 2.96. The predicted octanol–water partition coefficient (Wildman–Crippen LogP) is 5.49. The number of fused-ring (bicyclic) bond motifs is 3. The lowest BCUT2D eigenvalue weighted by Crippen LogP contribution is -2.39. The van der Waals surface area contributed by atoms with Gasteiger partial charge in [-0.1, -0.05) is 47.9 Å². The highest BCUT2D eigenvalue weighted by Crippen LogP contribution is 2.34. The van der Waals surface area contributed by atoms with E-state index in [-0.39, 0.29) is 11.2 Å². The quantitative estimate of drug-likeness (QED) is 0.387. The Hall–Kier alpha value is -2.63. The highest BCUT2D eigenvalue weighted by atomic mass is 35.5. The Bertz CT molecular complexity index is 1380. The molecule has 0 bridgehead atoms. The van der Waals surface area contributed by atoms with Crippen LogP contribution in [0.1, 0.15) is 40.8 Å². The van der Waals surface area contributed by atoms with Gasteiger partial charge in [-0.05, 0) is 68.0 Å². The van der Waals surface area contributed by atoms with Gasteiger partial charge >= 0.3 is 5.69 Å². The summed E-state index contributed by atoms with van der Waals surface area (Å²) in [5.74, 6) is 0. The second-order valence-electron chi connectivity index (χ2n) is 8.22. The number of rotatable bonds is 3. The van der Waals surface area contributed by atoms with Gasteiger partial charge in [0.25, 0.3) is 5.56 Å². The molecule has 1 aliphatic rings. The topological polar surface area (TPSA) is 44.0 Å². The van der Waals surface area contributed by atoms with Crippen LogP contribution < -0.4 is 11.2 Å². The number of aryl methyl sites for hydroxylation is 3. The molecule has 2 heterocycles. The van der Waals surface area contributed by atoms with Crippen molar-refractivity contribution in [3.8, 4) is 5.69 Å². The molecule has 5 rings (SSSR count). The number of halogens is 1. The summed E-state index contributed by atoms with van der Waals surface area (Å²) in [6, 6.07) is 15.1. The van der Waals surface area contributed by atoms with Gasteiger partial charge in [0, 0.05) is 9.90 Å². The van der Waals surface area contributed by atoms with Gasteiger partial charge < -0.3 is 0 Å². The third-order valence-corrected chi connectivity index (χ3v) is 7.60. The number of nitrogens with zero attached hydrogens (tertiary/aromatic N) is 2. The Balaban J connectivity index is 1.81. The lowest BCUT2D eigenvalue weighted by molar-refractivity contribution is 0.708. The van der Waals surface area contributed by atoms with E-state index in [0.717, 1.165) is 41.6 Å². The molecule has 0 amide bonds. The molecule has 2 aromatic carbocycles. The fraction of sp³-hybridized carbons (Fsp3) is 0.280. The minimum atomic E-state index is -0.309. The summed E-state index contributed by atoms with van der Waals surface area (Å²) in [7, 11) is 0. The Labute approximate surface area is 189 Å². The molecule has 0 radical (unpaired) electrons. The number of hydrogen-bond donors (Lipinski definition) is 0. The fourth-order valence-electron chi connectivity index (χ4n) is 4.38. The molecule has 4 nitrogen and oxygen atoms in total. The highest BCUT2D eigenvalue weighted by Gasteiger charge is 2.23. The molecule has 4 aromatic rings. The summed E-state index contributed by atoms with van der Waals surface area (Å²) in [5.41, 5.74) is 3.38. The third kappa shape index (κ3) is 3.66. The van der Waals surface area contributed by atoms with E-state index in [1.54, 1.807) is 40.2 Å². The molecule has 0 spiro atoms. The number of aromatic nitrogens is 2. The van der Waals surface area contributed by atoms with Crippen LogP contribution in [0.15, 0.2) is 58.1 Å². The maximum atomic E-state index is 13.7. The van der Waals surface area contributed by atoms with Crippen molar-refractivity contribution in [2.45, 2.75) is 45.6 Å². The Morgan fingerprint density at radius 1 is 0.935 bits per heavy atom. The average molecular weight is 451 g/mol. The minimum Gasteiger partial charge on any atom is -0.280 e. The van der Waals surface area contributed by atoms with Gasteiger partial charge in [0.2, 0.25) is 0 Å². The normalized spacial score (nSPS) is 13.9. The monoisotopic (exact) mass is 450 g/mol. The Kier molecular flexibility index (Phi) is 5.32. The molecule has 31 heavy (non-hydrogen) atoms. The molecule has 0 unspecified atom stereocenters. The van der Waals surface area contributed by atoms with Crippen molar-refractivity contribution >= 4 is 33.2 Å². The first kappa shape index (κ1) is 20.3. The van der Waals surface area contributed by atoms with Crippen LogP contribution in [0.3, 0.4) is 0 Å². The molecule has 0 saturated carbocycles. The van der Waals surface area contributed by atoms with Crippen molar-refractivity contribution in [1.29, 1.82) is 0 Å². The van der Waals surface area contributed by atoms with Crippen molar-refractivity contribution in [2.24, 2.45) is 0 Å². The molecule has 6 heteroatoms. The van der Waals surface area contributed by atoms with E-state index in [1.807, 2.05) is 19.1 Å². The Morgan fingerprint density at radius 3 is 2.39 bits per heavy atom. The van der Waals surface area contributed by atoms with E-state index in [0.29, 0.717) is 22.6 Å². The first-order valence-electron chi connectivity index (χ1n) is 10.6. The zero-order chi connectivity index (χ0) is 21.5. The van der Waals surface area contributed by atoms with E-state index in [9.17, 15) is 9.59 Å². The van der Waals surface area contributed by atoms with Crippen LogP contribution in [0.5, 0.6) is 0 Å². The summed E-state index contributed by atoms with van der Waals surface area (Å²) >= 11 is 7.68. The van der Waals surface area contributed by atoms with Gasteiger partial charge in [0.1, 0.15) is 4.83 Å². The lowest BCUT2D eigenvalue weighted by atomic mass is 10.1. The molecular weight excluding hydrogens is 428 g/mol. The van der Waals surface area contributed by atoms with Crippen molar-refractivity contribution in [2.75, 3.05) is 0 Å². The van der Waals surface area contributed by atoms with Gasteiger partial charge in [-0.25, -0.2) is 9.36 Å². The summed E-state index contributed by atoms with van der Waals surface area (Å²) in [6.07, 6.45) is 5.27. The van der Waals surface area contributed by atoms with Gasteiger partial charge in [-0.15, -0.1) is 11.3 Å². The van der Waals surface area contributed by atoms with Crippen molar-refractivity contribution in [3.63, 3.8) is 0 Å². The molecule has 0 atom stereocenters. The second kappa shape index (κ2) is 8.13. The number of benzene rings is 2. The summed E-state index contributed by atoms with van der Waals surface area (Å²) in [4.78, 5) is 29.4. The molecule has 158 valence electrons. The SMILES string of the molecule is Cc1ccc(Cn2c(=O)n(-c3ccc(Cl)cc3)c(=O)c3c4c(sc32)CCCCC4)cc1. The van der Waals surface area contributed by atoms with Crippen molar-refractivity contribution < 1.29 is 0 Å². The standard InChI is InChI=1S/C25H23ClN2O2S/c1-16-7-9-17(10-8-16)15-27-24-22(20-5-3-2-4-6-21(20)31-24)23(29)28(25(27)30)19-13-11-18(26)12-14-19/h7-14H,2-6,15H2,1H3. The van der Waals surface area contributed by atoms with Crippen molar-refractivity contribution in [3.05, 3.63) is 96.0 Å². The molecule has 0 fully saturated rings. The second-order valence-corrected chi connectivity index (χ2v) is 9.74. The first-order chi connectivity index (χ1) is 15.0. The maximum absolute atomic E-state index is 13.7. The van der Waals surface area contributed by atoms with Crippen LogP contribution in [0.25, 0.3) is 15.9 Å². The van der Waals surface area contributed by atoms with Gasteiger partial charge in [0.05, 0.1) is 17.6 Å². The van der Waals surface area contributed by atoms with Gasteiger partial charge in [-0.3, -0.25) is 9.36 Å². The molecular formula is C25H23ClN2O2S. The van der Waals surface area contributed by atoms with Crippen LogP contribution >= 0.6 is 22.9 Å². The minimum absolute atomic E-state index is 0.220. The largest absolute Gasteiger partial charge is 0.337 e. The maximum Gasteiger partial charge on any atom is 0.337 e. The predicted molar refractivity (Wildman–Crippen MR) is 128 cm³/mol. The highest BCUT2D eigenvalue weighted by molar-refractivity contribution is 7.18. The molecule has 2 aromatic heterocycles. The summed E-state index contributed by atoms with van der Waals surface area (Å²) in [5, 5.41) is 1.28. The van der Waals surface area contributed by atoms with Crippen LogP contribution in [-0.2, 0) is 19.4 Å². The van der Waals surface area contributed by atoms with Gasteiger partial charge in [0.15, 0.2) is 0 Å². The first-order valence-corrected chi connectivity index (χ1v) is 11.8. The van der Waals surface area contributed by atoms with E-state index in [4.69, 9.17) is 11.6 Å².